The average Bonchev–Trinajstić information content (AvgIpc) is 3.44. The number of carbonyl (C=O) groups is 3. The maximum absolute atomic E-state index is 14.8. The van der Waals surface area contributed by atoms with Gasteiger partial charge < -0.3 is 9.64 Å². The molecule has 0 saturated carbocycles. The summed E-state index contributed by atoms with van der Waals surface area (Å²) in [5.74, 6) is -0.841. The molecule has 7 rings (SSSR count). The lowest BCUT2D eigenvalue weighted by Crippen LogP contribution is -2.48. The number of rotatable bonds is 5. The van der Waals surface area contributed by atoms with Crippen LogP contribution in [0.4, 0.5) is 5.69 Å². The molecule has 41 heavy (non-hydrogen) atoms. The monoisotopic (exact) mass is 539 g/mol. The molecular formula is C36H29NO4. The van der Waals surface area contributed by atoms with E-state index in [1.807, 2.05) is 104 Å². The lowest BCUT2D eigenvalue weighted by molar-refractivity contribution is 0.0664. The SMILES string of the molecule is CCOc1ccccc1[C@H]1[C@@H](C(=O)c2ccc(C)cc2)N2c3ccccc3C=C[C@@H]2C12C(=O)c1ccccc1C2=O. The van der Waals surface area contributed by atoms with Gasteiger partial charge in [0.2, 0.25) is 0 Å². The second-order valence-corrected chi connectivity index (χ2v) is 11.0. The molecular weight excluding hydrogens is 510 g/mol. The second kappa shape index (κ2) is 9.41. The van der Waals surface area contributed by atoms with Crippen LogP contribution in [0, 0.1) is 12.3 Å². The molecule has 2 heterocycles. The van der Waals surface area contributed by atoms with Crippen molar-refractivity contribution in [3.8, 4) is 5.75 Å². The molecule has 0 unspecified atom stereocenters. The molecule has 5 heteroatoms. The van der Waals surface area contributed by atoms with Crippen molar-refractivity contribution < 1.29 is 19.1 Å². The minimum atomic E-state index is -1.55. The van der Waals surface area contributed by atoms with E-state index in [9.17, 15) is 14.4 Å². The van der Waals surface area contributed by atoms with Crippen LogP contribution < -0.4 is 9.64 Å². The number of para-hydroxylation sites is 2. The van der Waals surface area contributed by atoms with E-state index in [2.05, 4.69) is 0 Å². The van der Waals surface area contributed by atoms with Gasteiger partial charge in [-0.2, -0.15) is 0 Å². The summed E-state index contributed by atoms with van der Waals surface area (Å²) in [6.45, 7) is 4.29. The summed E-state index contributed by atoms with van der Waals surface area (Å²) in [7, 11) is 0. The molecule has 3 atom stereocenters. The Morgan fingerprint density at radius 3 is 2.17 bits per heavy atom. The fourth-order valence-corrected chi connectivity index (χ4v) is 7.17. The summed E-state index contributed by atoms with van der Waals surface area (Å²) in [6, 6.07) is 28.5. The molecule has 1 fully saturated rings. The predicted octanol–water partition coefficient (Wildman–Crippen LogP) is 6.71. The van der Waals surface area contributed by atoms with Gasteiger partial charge in [-0.3, -0.25) is 14.4 Å². The molecule has 0 bridgehead atoms. The Labute approximate surface area is 239 Å². The van der Waals surface area contributed by atoms with Gasteiger partial charge in [-0.25, -0.2) is 0 Å². The van der Waals surface area contributed by atoms with Gasteiger partial charge in [0.15, 0.2) is 17.3 Å². The van der Waals surface area contributed by atoms with E-state index in [1.165, 1.54) is 0 Å². The fraction of sp³-hybridized carbons (Fsp3) is 0.194. The first-order valence-electron chi connectivity index (χ1n) is 14.0. The van der Waals surface area contributed by atoms with E-state index in [-0.39, 0.29) is 17.3 Å². The second-order valence-electron chi connectivity index (χ2n) is 11.0. The highest BCUT2D eigenvalue weighted by atomic mass is 16.5. The number of ether oxygens (including phenoxy) is 1. The summed E-state index contributed by atoms with van der Waals surface area (Å²) in [4.78, 5) is 46.3. The molecule has 0 radical (unpaired) electrons. The lowest BCUT2D eigenvalue weighted by atomic mass is 9.64. The Hall–Kier alpha value is -4.77. The van der Waals surface area contributed by atoms with Gasteiger partial charge in [-0.15, -0.1) is 0 Å². The van der Waals surface area contributed by atoms with Crippen LogP contribution in [0.15, 0.2) is 103 Å². The summed E-state index contributed by atoms with van der Waals surface area (Å²) >= 11 is 0. The molecule has 0 aromatic heterocycles. The third-order valence-corrected chi connectivity index (χ3v) is 8.87. The molecule has 0 N–H and O–H groups in total. The Morgan fingerprint density at radius 1 is 0.829 bits per heavy atom. The van der Waals surface area contributed by atoms with Gasteiger partial charge in [-0.1, -0.05) is 103 Å². The third kappa shape index (κ3) is 3.45. The molecule has 1 aliphatic carbocycles. The highest BCUT2D eigenvalue weighted by Gasteiger charge is 2.71. The van der Waals surface area contributed by atoms with Gasteiger partial charge in [0, 0.05) is 33.9 Å². The fourth-order valence-electron chi connectivity index (χ4n) is 7.17. The minimum Gasteiger partial charge on any atom is -0.494 e. The van der Waals surface area contributed by atoms with Gasteiger partial charge in [0.25, 0.3) is 0 Å². The van der Waals surface area contributed by atoms with E-state index >= 15 is 0 Å². The van der Waals surface area contributed by atoms with Gasteiger partial charge in [0.1, 0.15) is 17.2 Å². The van der Waals surface area contributed by atoms with Crippen molar-refractivity contribution in [2.24, 2.45) is 5.41 Å². The van der Waals surface area contributed by atoms with Crippen LogP contribution in [0.2, 0.25) is 0 Å². The van der Waals surface area contributed by atoms with Crippen molar-refractivity contribution in [2.45, 2.75) is 31.8 Å². The molecule has 2 aliphatic heterocycles. The topological polar surface area (TPSA) is 63.7 Å². The van der Waals surface area contributed by atoms with Crippen molar-refractivity contribution in [2.75, 3.05) is 11.5 Å². The molecule has 1 saturated heterocycles. The zero-order chi connectivity index (χ0) is 28.3. The number of hydrogen-bond acceptors (Lipinski definition) is 5. The van der Waals surface area contributed by atoms with Crippen LogP contribution in [0.5, 0.6) is 5.75 Å². The van der Waals surface area contributed by atoms with Crippen molar-refractivity contribution in [1.82, 2.24) is 0 Å². The average molecular weight is 540 g/mol. The molecule has 5 nitrogen and oxygen atoms in total. The quantitative estimate of drug-likeness (QED) is 0.208. The maximum Gasteiger partial charge on any atom is 0.185 e. The molecule has 4 aromatic carbocycles. The van der Waals surface area contributed by atoms with E-state index < -0.39 is 23.4 Å². The first-order valence-corrected chi connectivity index (χ1v) is 14.0. The van der Waals surface area contributed by atoms with Gasteiger partial charge in [-0.05, 0) is 31.5 Å². The molecule has 0 amide bonds. The Morgan fingerprint density at radius 2 is 1.46 bits per heavy atom. The van der Waals surface area contributed by atoms with Crippen LogP contribution in [0.3, 0.4) is 0 Å². The predicted molar refractivity (Wildman–Crippen MR) is 159 cm³/mol. The first-order chi connectivity index (χ1) is 20.0. The van der Waals surface area contributed by atoms with Crippen LogP contribution in [0.1, 0.15) is 60.6 Å². The molecule has 1 spiro atoms. The Bertz CT molecular complexity index is 1720. The number of fused-ring (bicyclic) bond motifs is 5. The zero-order valence-corrected chi connectivity index (χ0v) is 22.9. The van der Waals surface area contributed by atoms with Crippen LogP contribution in [0.25, 0.3) is 6.08 Å². The summed E-state index contributed by atoms with van der Waals surface area (Å²) in [5, 5.41) is 0. The van der Waals surface area contributed by atoms with Crippen molar-refractivity contribution in [1.29, 1.82) is 0 Å². The lowest BCUT2D eigenvalue weighted by Gasteiger charge is -2.37. The number of aryl methyl sites for hydroxylation is 1. The number of carbonyl (C=O) groups excluding carboxylic acids is 3. The van der Waals surface area contributed by atoms with E-state index in [0.717, 1.165) is 16.8 Å². The van der Waals surface area contributed by atoms with Crippen molar-refractivity contribution in [3.63, 3.8) is 0 Å². The number of benzene rings is 4. The summed E-state index contributed by atoms with van der Waals surface area (Å²) in [6.07, 6.45) is 3.93. The van der Waals surface area contributed by atoms with E-state index in [1.54, 1.807) is 24.3 Å². The maximum atomic E-state index is 14.8. The summed E-state index contributed by atoms with van der Waals surface area (Å²) in [5.41, 5.74) is 3.31. The van der Waals surface area contributed by atoms with E-state index in [0.29, 0.717) is 34.6 Å². The Balaban J connectivity index is 1.56. The normalized spacial score (nSPS) is 21.5. The molecule has 202 valence electrons. The Kier molecular flexibility index (Phi) is 5.79. The number of hydrogen-bond donors (Lipinski definition) is 0. The molecule has 4 aromatic rings. The molecule has 3 aliphatic rings. The van der Waals surface area contributed by atoms with Gasteiger partial charge >= 0.3 is 0 Å². The highest BCUT2D eigenvalue weighted by molar-refractivity contribution is 6.32. The van der Waals surface area contributed by atoms with Crippen LogP contribution in [-0.2, 0) is 0 Å². The summed E-state index contributed by atoms with van der Waals surface area (Å²) < 4.78 is 6.10. The largest absolute Gasteiger partial charge is 0.494 e. The number of anilines is 1. The van der Waals surface area contributed by atoms with Crippen LogP contribution in [-0.4, -0.2) is 36.0 Å². The number of Topliss-reactive ketones (excluding diaryl/α,β-unsaturated/α-hetero) is 3. The van der Waals surface area contributed by atoms with E-state index in [4.69, 9.17) is 4.74 Å². The highest BCUT2D eigenvalue weighted by Crippen LogP contribution is 2.61. The van der Waals surface area contributed by atoms with Crippen LogP contribution >= 0.6 is 0 Å². The van der Waals surface area contributed by atoms with Gasteiger partial charge in [0.05, 0.1) is 12.6 Å². The first kappa shape index (κ1) is 25.2. The van der Waals surface area contributed by atoms with Crippen molar-refractivity contribution >= 4 is 29.1 Å². The standard InChI is InChI=1S/C36H29NO4/c1-3-41-29-15-9-7-13-27(29)31-32(33(38)24-18-16-22(2)17-19-24)37-28-14-8-4-10-23(28)20-21-30(37)36(31)34(39)25-11-5-6-12-26(25)35(36)40/h4-21,30-32H,3H2,1-2H3/t30-,31+,32+/m1/s1. The smallest absolute Gasteiger partial charge is 0.185 e. The third-order valence-electron chi connectivity index (χ3n) is 8.87. The minimum absolute atomic E-state index is 0.134. The van der Waals surface area contributed by atoms with Crippen molar-refractivity contribution in [3.05, 3.63) is 137 Å². The zero-order valence-electron chi connectivity index (χ0n) is 22.9. The number of ketones is 3. The number of nitrogens with zero attached hydrogens (tertiary/aromatic N) is 1.